The van der Waals surface area contributed by atoms with Crippen LogP contribution in [0.2, 0.25) is 0 Å². The molecule has 0 aliphatic rings. The van der Waals surface area contributed by atoms with E-state index in [0.717, 1.165) is 12.8 Å². The van der Waals surface area contributed by atoms with E-state index < -0.39 is 17.9 Å². The summed E-state index contributed by atoms with van der Waals surface area (Å²) in [6.45, 7) is 1.72. The van der Waals surface area contributed by atoms with Gasteiger partial charge in [-0.05, 0) is 17.9 Å². The molecule has 2 amide bonds. The van der Waals surface area contributed by atoms with Crippen LogP contribution in [-0.2, 0) is 9.59 Å². The number of carboxylic acid groups (broad SMARTS) is 1. The Morgan fingerprint density at radius 3 is 2.70 bits per heavy atom. The first kappa shape index (κ1) is 16.2. The number of carbonyl (C=O) groups excluding carboxylic acids is 2. The Balaban J connectivity index is 2.38. The van der Waals surface area contributed by atoms with E-state index in [1.807, 2.05) is 6.92 Å². The zero-order valence-electron chi connectivity index (χ0n) is 11.2. The smallest absolute Gasteiger partial charge is 0.326 e. The van der Waals surface area contributed by atoms with Crippen molar-refractivity contribution in [2.24, 2.45) is 0 Å². The highest BCUT2D eigenvalue weighted by Crippen LogP contribution is 2.07. The topological polar surface area (TPSA) is 95.5 Å². The monoisotopic (exact) mass is 298 g/mol. The maximum atomic E-state index is 11.6. The van der Waals surface area contributed by atoms with E-state index in [-0.39, 0.29) is 12.5 Å². The maximum Gasteiger partial charge on any atom is 0.326 e. The number of unbranched alkanes of at least 4 members (excludes halogenated alkanes) is 1. The zero-order valence-corrected chi connectivity index (χ0v) is 12.0. The van der Waals surface area contributed by atoms with Crippen molar-refractivity contribution in [2.45, 2.75) is 32.2 Å². The van der Waals surface area contributed by atoms with Crippen LogP contribution < -0.4 is 10.6 Å². The number of thiophene rings is 1. The minimum atomic E-state index is -1.06. The molecule has 20 heavy (non-hydrogen) atoms. The highest BCUT2D eigenvalue weighted by atomic mass is 32.1. The Morgan fingerprint density at radius 2 is 2.15 bits per heavy atom. The first-order valence-electron chi connectivity index (χ1n) is 6.38. The molecule has 0 bridgehead atoms. The van der Waals surface area contributed by atoms with Crippen molar-refractivity contribution in [3.63, 3.8) is 0 Å². The van der Waals surface area contributed by atoms with Crippen LogP contribution in [0.1, 0.15) is 35.9 Å². The number of carbonyl (C=O) groups is 3. The fraction of sp³-hybridized carbons (Fsp3) is 0.462. The molecule has 1 rings (SSSR count). The summed E-state index contributed by atoms with van der Waals surface area (Å²) in [4.78, 5) is 34.7. The van der Waals surface area contributed by atoms with Crippen molar-refractivity contribution < 1.29 is 19.5 Å². The lowest BCUT2D eigenvalue weighted by Crippen LogP contribution is -2.45. The first-order chi connectivity index (χ1) is 9.54. The van der Waals surface area contributed by atoms with Crippen molar-refractivity contribution in [1.29, 1.82) is 0 Å². The SMILES string of the molecule is CCCCC(NC(=O)CNC(=O)c1cccs1)C(=O)O. The van der Waals surface area contributed by atoms with Gasteiger partial charge in [-0.1, -0.05) is 25.8 Å². The van der Waals surface area contributed by atoms with Gasteiger partial charge in [0.2, 0.25) is 5.91 Å². The third kappa shape index (κ3) is 5.40. The van der Waals surface area contributed by atoms with Gasteiger partial charge in [0.05, 0.1) is 11.4 Å². The maximum absolute atomic E-state index is 11.6. The molecule has 0 saturated carbocycles. The minimum Gasteiger partial charge on any atom is -0.480 e. The van der Waals surface area contributed by atoms with E-state index in [0.29, 0.717) is 11.3 Å². The van der Waals surface area contributed by atoms with Gasteiger partial charge in [-0.2, -0.15) is 0 Å². The number of carboxylic acids is 1. The molecular weight excluding hydrogens is 280 g/mol. The molecule has 1 atom stereocenters. The Labute approximate surface area is 121 Å². The molecule has 1 aromatic rings. The number of hydrogen-bond acceptors (Lipinski definition) is 4. The van der Waals surface area contributed by atoms with Gasteiger partial charge in [-0.25, -0.2) is 4.79 Å². The quantitative estimate of drug-likeness (QED) is 0.673. The second kappa shape index (κ2) is 8.31. The number of aliphatic carboxylic acids is 1. The van der Waals surface area contributed by atoms with Crippen LogP contribution in [0.4, 0.5) is 0 Å². The molecule has 0 radical (unpaired) electrons. The van der Waals surface area contributed by atoms with Gasteiger partial charge >= 0.3 is 5.97 Å². The van der Waals surface area contributed by atoms with Crippen molar-refractivity contribution in [1.82, 2.24) is 10.6 Å². The summed E-state index contributed by atoms with van der Waals surface area (Å²) in [7, 11) is 0. The molecule has 110 valence electrons. The van der Waals surface area contributed by atoms with Crippen LogP contribution in [0.25, 0.3) is 0 Å². The van der Waals surface area contributed by atoms with E-state index in [1.54, 1.807) is 17.5 Å². The molecule has 6 nitrogen and oxygen atoms in total. The van der Waals surface area contributed by atoms with Crippen molar-refractivity contribution in [3.05, 3.63) is 22.4 Å². The largest absolute Gasteiger partial charge is 0.480 e. The Bertz CT molecular complexity index is 459. The fourth-order valence-corrected chi connectivity index (χ4v) is 2.21. The van der Waals surface area contributed by atoms with Gasteiger partial charge in [-0.3, -0.25) is 9.59 Å². The van der Waals surface area contributed by atoms with Crippen LogP contribution in [0.5, 0.6) is 0 Å². The van der Waals surface area contributed by atoms with Crippen LogP contribution in [0.15, 0.2) is 17.5 Å². The van der Waals surface area contributed by atoms with Gasteiger partial charge in [0, 0.05) is 0 Å². The lowest BCUT2D eigenvalue weighted by molar-refractivity contribution is -0.141. The molecule has 0 aromatic carbocycles. The Morgan fingerprint density at radius 1 is 1.40 bits per heavy atom. The zero-order chi connectivity index (χ0) is 15.0. The molecule has 7 heteroatoms. The number of amides is 2. The van der Waals surface area contributed by atoms with E-state index in [2.05, 4.69) is 10.6 Å². The van der Waals surface area contributed by atoms with Crippen molar-refractivity contribution in [3.8, 4) is 0 Å². The predicted octanol–water partition coefficient (Wildman–Crippen LogP) is 1.24. The van der Waals surface area contributed by atoms with Crippen molar-refractivity contribution in [2.75, 3.05) is 6.54 Å². The molecule has 0 fully saturated rings. The van der Waals surface area contributed by atoms with E-state index in [1.165, 1.54) is 11.3 Å². The van der Waals surface area contributed by atoms with Crippen LogP contribution in [0.3, 0.4) is 0 Å². The summed E-state index contributed by atoms with van der Waals surface area (Å²) in [6.07, 6.45) is 1.96. The summed E-state index contributed by atoms with van der Waals surface area (Å²) in [5, 5.41) is 15.6. The first-order valence-corrected chi connectivity index (χ1v) is 7.26. The van der Waals surface area contributed by atoms with Gasteiger partial charge in [-0.15, -0.1) is 11.3 Å². The summed E-state index contributed by atoms with van der Waals surface area (Å²) >= 11 is 1.27. The second-order valence-corrected chi connectivity index (χ2v) is 5.21. The number of rotatable bonds is 8. The lowest BCUT2D eigenvalue weighted by atomic mass is 10.1. The van der Waals surface area contributed by atoms with Gasteiger partial charge in [0.25, 0.3) is 5.91 Å². The average Bonchev–Trinajstić information content (AvgIpc) is 2.94. The van der Waals surface area contributed by atoms with E-state index >= 15 is 0 Å². The molecular formula is C13H18N2O4S. The molecule has 0 aliphatic heterocycles. The molecule has 1 aromatic heterocycles. The summed E-state index contributed by atoms with van der Waals surface area (Å²) in [6, 6.07) is 2.49. The molecule has 0 saturated heterocycles. The molecule has 0 aliphatic carbocycles. The molecule has 0 spiro atoms. The van der Waals surface area contributed by atoms with Crippen LogP contribution in [0, 0.1) is 0 Å². The van der Waals surface area contributed by atoms with E-state index in [4.69, 9.17) is 5.11 Å². The number of hydrogen-bond donors (Lipinski definition) is 3. The van der Waals surface area contributed by atoms with Gasteiger partial charge < -0.3 is 15.7 Å². The summed E-state index contributed by atoms with van der Waals surface area (Å²) in [5.74, 6) is -1.90. The van der Waals surface area contributed by atoms with Crippen molar-refractivity contribution >= 4 is 29.1 Å². The van der Waals surface area contributed by atoms with Crippen LogP contribution in [-0.4, -0.2) is 35.5 Å². The highest BCUT2D eigenvalue weighted by Gasteiger charge is 2.19. The van der Waals surface area contributed by atoms with Gasteiger partial charge in [0.15, 0.2) is 0 Å². The lowest BCUT2D eigenvalue weighted by Gasteiger charge is -2.14. The predicted molar refractivity (Wildman–Crippen MR) is 75.7 cm³/mol. The van der Waals surface area contributed by atoms with Crippen LogP contribution >= 0.6 is 11.3 Å². The third-order valence-electron chi connectivity index (χ3n) is 2.63. The van der Waals surface area contributed by atoms with Gasteiger partial charge in [0.1, 0.15) is 6.04 Å². The average molecular weight is 298 g/mol. The molecule has 1 heterocycles. The Hall–Kier alpha value is -1.89. The van der Waals surface area contributed by atoms with E-state index in [9.17, 15) is 14.4 Å². The Kier molecular flexibility index (Phi) is 6.72. The standard InChI is InChI=1S/C13H18N2O4S/c1-2-3-5-9(13(18)19)15-11(16)8-14-12(17)10-6-4-7-20-10/h4,6-7,9H,2-3,5,8H2,1H3,(H,14,17)(H,15,16)(H,18,19). The normalized spacial score (nSPS) is 11.7. The molecule has 1 unspecified atom stereocenters. The fourth-order valence-electron chi connectivity index (χ4n) is 1.57. The highest BCUT2D eigenvalue weighted by molar-refractivity contribution is 7.12. The summed E-state index contributed by atoms with van der Waals surface area (Å²) in [5.41, 5.74) is 0. The second-order valence-electron chi connectivity index (χ2n) is 4.26. The molecule has 3 N–H and O–H groups in total. The third-order valence-corrected chi connectivity index (χ3v) is 3.50. The minimum absolute atomic E-state index is 0.230. The summed E-state index contributed by atoms with van der Waals surface area (Å²) < 4.78 is 0. The number of nitrogens with one attached hydrogen (secondary N) is 2.